The number of carboxylic acids is 1. The Morgan fingerprint density at radius 2 is 2.16 bits per heavy atom. The van der Waals surface area contributed by atoms with Gasteiger partial charge in [-0.3, -0.25) is 9.59 Å². The first kappa shape index (κ1) is 13.8. The van der Waals surface area contributed by atoms with Crippen molar-refractivity contribution in [2.75, 3.05) is 0 Å². The molecule has 5 nitrogen and oxygen atoms in total. The fourth-order valence-electron chi connectivity index (χ4n) is 1.53. The zero-order valence-corrected chi connectivity index (χ0v) is 12.1. The standard InChI is InChI=1S/C12H10BrNO4S/c13-10-2-1-7(19-10)6-14-12(17)8-3-4-18-9(8)5-11(15)16/h1-4H,5-6H2,(H,14,17)(H,15,16). The zero-order valence-electron chi connectivity index (χ0n) is 9.68. The van der Waals surface area contributed by atoms with E-state index in [0.29, 0.717) is 6.54 Å². The van der Waals surface area contributed by atoms with Gasteiger partial charge in [0.1, 0.15) is 12.2 Å². The lowest BCUT2D eigenvalue weighted by atomic mass is 10.2. The molecule has 0 atom stereocenters. The number of amides is 1. The van der Waals surface area contributed by atoms with E-state index >= 15 is 0 Å². The Labute approximate surface area is 121 Å². The molecule has 2 rings (SSSR count). The average Bonchev–Trinajstić information content (AvgIpc) is 2.94. The van der Waals surface area contributed by atoms with E-state index in [1.807, 2.05) is 12.1 Å². The number of thiophene rings is 1. The van der Waals surface area contributed by atoms with Crippen LogP contribution in [0.15, 0.2) is 32.7 Å². The Kier molecular flexibility index (Phi) is 4.39. The molecule has 0 saturated carbocycles. The summed E-state index contributed by atoms with van der Waals surface area (Å²) in [6.45, 7) is 0.396. The predicted molar refractivity (Wildman–Crippen MR) is 73.2 cm³/mol. The summed E-state index contributed by atoms with van der Waals surface area (Å²) in [6, 6.07) is 5.28. The first-order chi connectivity index (χ1) is 9.06. The van der Waals surface area contributed by atoms with E-state index in [2.05, 4.69) is 21.2 Å². The van der Waals surface area contributed by atoms with Crippen LogP contribution in [0.1, 0.15) is 21.0 Å². The minimum Gasteiger partial charge on any atom is -0.481 e. The lowest BCUT2D eigenvalue weighted by Crippen LogP contribution is -2.23. The smallest absolute Gasteiger partial charge is 0.311 e. The molecule has 0 radical (unpaired) electrons. The fourth-order valence-corrected chi connectivity index (χ4v) is 2.95. The summed E-state index contributed by atoms with van der Waals surface area (Å²) >= 11 is 4.87. The maximum absolute atomic E-state index is 11.9. The Morgan fingerprint density at radius 1 is 1.37 bits per heavy atom. The molecule has 1 amide bonds. The van der Waals surface area contributed by atoms with Gasteiger partial charge in [0.15, 0.2) is 0 Å². The lowest BCUT2D eigenvalue weighted by molar-refractivity contribution is -0.136. The molecular weight excluding hydrogens is 334 g/mol. The third-order valence-electron chi connectivity index (χ3n) is 2.35. The van der Waals surface area contributed by atoms with Crippen LogP contribution in [0.3, 0.4) is 0 Å². The van der Waals surface area contributed by atoms with Gasteiger partial charge in [-0.25, -0.2) is 0 Å². The summed E-state index contributed by atoms with van der Waals surface area (Å²) < 4.78 is 6.00. The van der Waals surface area contributed by atoms with Gasteiger partial charge >= 0.3 is 5.97 Å². The molecule has 0 aromatic carbocycles. The quantitative estimate of drug-likeness (QED) is 0.874. The van der Waals surface area contributed by atoms with Crippen molar-refractivity contribution in [2.45, 2.75) is 13.0 Å². The second-order valence-electron chi connectivity index (χ2n) is 3.72. The zero-order chi connectivity index (χ0) is 13.8. The summed E-state index contributed by atoms with van der Waals surface area (Å²) in [7, 11) is 0. The van der Waals surface area contributed by atoms with Gasteiger partial charge in [-0.2, -0.15) is 0 Å². The van der Waals surface area contributed by atoms with Crippen molar-refractivity contribution in [1.82, 2.24) is 5.32 Å². The van der Waals surface area contributed by atoms with Gasteiger partial charge in [0, 0.05) is 4.88 Å². The largest absolute Gasteiger partial charge is 0.481 e. The Bertz CT molecular complexity index is 604. The molecule has 0 fully saturated rings. The van der Waals surface area contributed by atoms with E-state index in [9.17, 15) is 9.59 Å². The molecule has 7 heteroatoms. The summed E-state index contributed by atoms with van der Waals surface area (Å²) in [6.07, 6.45) is 1.01. The van der Waals surface area contributed by atoms with E-state index < -0.39 is 5.97 Å². The van der Waals surface area contributed by atoms with Crippen LogP contribution in [-0.4, -0.2) is 17.0 Å². The number of aliphatic carboxylic acids is 1. The first-order valence-corrected chi connectivity index (χ1v) is 6.98. The van der Waals surface area contributed by atoms with Crippen molar-refractivity contribution in [3.8, 4) is 0 Å². The number of carbonyl (C=O) groups is 2. The number of hydrogen-bond acceptors (Lipinski definition) is 4. The van der Waals surface area contributed by atoms with E-state index in [0.717, 1.165) is 8.66 Å². The fraction of sp³-hybridized carbons (Fsp3) is 0.167. The molecule has 0 spiro atoms. The minimum absolute atomic E-state index is 0.164. The van der Waals surface area contributed by atoms with E-state index in [1.54, 1.807) is 0 Å². The molecule has 100 valence electrons. The van der Waals surface area contributed by atoms with E-state index in [1.165, 1.54) is 23.7 Å². The molecule has 2 N–H and O–H groups in total. The van der Waals surface area contributed by atoms with Gasteiger partial charge in [0.25, 0.3) is 5.91 Å². The molecule has 0 bridgehead atoms. The SMILES string of the molecule is O=C(O)Cc1occc1C(=O)NCc1ccc(Br)s1. The molecule has 0 unspecified atom stereocenters. The second-order valence-corrected chi connectivity index (χ2v) is 6.26. The third kappa shape index (κ3) is 3.68. The number of furan rings is 1. The maximum Gasteiger partial charge on any atom is 0.311 e. The Balaban J connectivity index is 2.00. The highest BCUT2D eigenvalue weighted by molar-refractivity contribution is 9.11. The Hall–Kier alpha value is -1.60. The molecule has 0 saturated heterocycles. The van der Waals surface area contributed by atoms with Crippen LogP contribution in [0.25, 0.3) is 0 Å². The van der Waals surface area contributed by atoms with Crippen molar-refractivity contribution in [2.24, 2.45) is 0 Å². The van der Waals surface area contributed by atoms with E-state index in [-0.39, 0.29) is 23.7 Å². The molecule has 19 heavy (non-hydrogen) atoms. The first-order valence-electron chi connectivity index (χ1n) is 5.37. The summed E-state index contributed by atoms with van der Waals surface area (Å²) in [5, 5.41) is 11.4. The lowest BCUT2D eigenvalue weighted by Gasteiger charge is -2.03. The number of carbonyl (C=O) groups excluding carboxylic acids is 1. The van der Waals surface area contributed by atoms with Gasteiger partial charge in [-0.05, 0) is 34.1 Å². The molecule has 2 aromatic heterocycles. The highest BCUT2D eigenvalue weighted by atomic mass is 79.9. The topological polar surface area (TPSA) is 79.5 Å². The van der Waals surface area contributed by atoms with Crippen molar-refractivity contribution < 1.29 is 19.1 Å². The molecular formula is C12H10BrNO4S. The molecule has 2 heterocycles. The van der Waals surface area contributed by atoms with Crippen molar-refractivity contribution in [3.05, 3.63) is 44.4 Å². The molecule has 0 aliphatic heterocycles. The van der Waals surface area contributed by atoms with E-state index in [4.69, 9.17) is 9.52 Å². The summed E-state index contributed by atoms with van der Waals surface area (Å²) in [5.74, 6) is -1.21. The van der Waals surface area contributed by atoms with Crippen LogP contribution >= 0.6 is 27.3 Å². The highest BCUT2D eigenvalue weighted by Gasteiger charge is 2.16. The van der Waals surface area contributed by atoms with Crippen LogP contribution in [0.5, 0.6) is 0 Å². The number of hydrogen-bond donors (Lipinski definition) is 2. The number of rotatable bonds is 5. The van der Waals surface area contributed by atoms with Crippen LogP contribution in [0, 0.1) is 0 Å². The number of carboxylic acid groups (broad SMARTS) is 1. The van der Waals surface area contributed by atoms with Gasteiger partial charge in [-0.1, -0.05) is 0 Å². The minimum atomic E-state index is -1.04. The van der Waals surface area contributed by atoms with Crippen LogP contribution < -0.4 is 5.32 Å². The predicted octanol–water partition coefficient (Wildman–Crippen LogP) is 2.66. The monoisotopic (exact) mass is 343 g/mol. The van der Waals surface area contributed by atoms with Crippen molar-refractivity contribution >= 4 is 39.1 Å². The number of halogens is 1. The molecule has 0 aliphatic rings. The number of nitrogens with one attached hydrogen (secondary N) is 1. The molecule has 0 aliphatic carbocycles. The van der Waals surface area contributed by atoms with Gasteiger partial charge in [0.05, 0.1) is 22.2 Å². The summed E-state index contributed by atoms with van der Waals surface area (Å²) in [5.41, 5.74) is 0.262. The third-order valence-corrected chi connectivity index (χ3v) is 3.98. The van der Waals surface area contributed by atoms with Gasteiger partial charge in [0.2, 0.25) is 0 Å². The average molecular weight is 344 g/mol. The van der Waals surface area contributed by atoms with Gasteiger partial charge in [-0.15, -0.1) is 11.3 Å². The highest BCUT2D eigenvalue weighted by Crippen LogP contribution is 2.22. The maximum atomic E-state index is 11.9. The Morgan fingerprint density at radius 3 is 2.79 bits per heavy atom. The van der Waals surface area contributed by atoms with Crippen LogP contribution in [-0.2, 0) is 17.8 Å². The van der Waals surface area contributed by atoms with Crippen molar-refractivity contribution in [1.29, 1.82) is 0 Å². The summed E-state index contributed by atoms with van der Waals surface area (Å²) in [4.78, 5) is 23.5. The normalized spacial score (nSPS) is 10.4. The molecule has 2 aromatic rings. The van der Waals surface area contributed by atoms with Crippen LogP contribution in [0.2, 0.25) is 0 Å². The van der Waals surface area contributed by atoms with Crippen molar-refractivity contribution in [3.63, 3.8) is 0 Å². The van der Waals surface area contributed by atoms with Gasteiger partial charge < -0.3 is 14.8 Å². The van der Waals surface area contributed by atoms with Crippen LogP contribution in [0.4, 0.5) is 0 Å². The second kappa shape index (κ2) is 6.03.